The van der Waals surface area contributed by atoms with Gasteiger partial charge in [-0.2, -0.15) is 5.10 Å². The van der Waals surface area contributed by atoms with E-state index in [-0.39, 0.29) is 11.2 Å². The van der Waals surface area contributed by atoms with E-state index in [4.69, 9.17) is 0 Å². The van der Waals surface area contributed by atoms with Gasteiger partial charge in [0.15, 0.2) is 5.78 Å². The second kappa shape index (κ2) is 3.44. The van der Waals surface area contributed by atoms with Crippen LogP contribution in [0.5, 0.6) is 0 Å². The quantitative estimate of drug-likeness (QED) is 0.729. The summed E-state index contributed by atoms with van der Waals surface area (Å²) in [6.07, 6.45) is 1.56. The fraction of sp³-hybridized carbons (Fsp3) is 0.692. The van der Waals surface area contributed by atoms with Crippen LogP contribution in [0.4, 0.5) is 0 Å². The summed E-state index contributed by atoms with van der Waals surface area (Å²) in [5.41, 5.74) is 3.05. The number of fused-ring (bicyclic) bond motifs is 1. The second-order valence-electron chi connectivity index (χ2n) is 5.93. The highest BCUT2D eigenvalue weighted by atomic mass is 16.1. The van der Waals surface area contributed by atoms with E-state index in [9.17, 15) is 4.79 Å². The van der Waals surface area contributed by atoms with Crippen LogP contribution in [0.1, 0.15) is 61.8 Å². The molecule has 0 unspecified atom stereocenters. The highest BCUT2D eigenvalue weighted by Gasteiger charge is 2.35. The Morgan fingerprint density at radius 3 is 2.50 bits per heavy atom. The molecule has 0 saturated heterocycles. The number of carbonyl (C=O) groups excluding carboxylic acids is 1. The number of hydrogen-bond acceptors (Lipinski definition) is 2. The van der Waals surface area contributed by atoms with E-state index in [1.807, 2.05) is 11.7 Å². The average Bonchev–Trinajstić information content (AvgIpc) is 2.38. The molecule has 1 aromatic rings. The summed E-state index contributed by atoms with van der Waals surface area (Å²) in [5.74, 6) is 0.620. The molecule has 1 aromatic heterocycles. The van der Waals surface area contributed by atoms with Crippen molar-refractivity contribution in [2.75, 3.05) is 0 Å². The molecule has 0 aliphatic heterocycles. The van der Waals surface area contributed by atoms with Crippen molar-refractivity contribution in [1.29, 1.82) is 0 Å². The van der Waals surface area contributed by atoms with Gasteiger partial charge in [-0.15, -0.1) is 0 Å². The number of ketones is 1. The maximum Gasteiger partial charge on any atom is 0.167 e. The summed E-state index contributed by atoms with van der Waals surface area (Å²) in [6, 6.07) is 0. The molecule has 16 heavy (non-hydrogen) atoms. The number of Topliss-reactive ketones (excluding diaryl/α,β-unsaturated/α-hetero) is 1. The molecule has 88 valence electrons. The Morgan fingerprint density at radius 1 is 1.31 bits per heavy atom. The number of hydrogen-bond donors (Lipinski definition) is 0. The third kappa shape index (κ3) is 1.68. The minimum Gasteiger partial charge on any atom is -0.294 e. The van der Waals surface area contributed by atoms with Crippen molar-refractivity contribution in [2.45, 2.75) is 46.5 Å². The monoisotopic (exact) mass is 220 g/mol. The fourth-order valence-electron chi connectivity index (χ4n) is 2.72. The molecule has 0 saturated carbocycles. The van der Waals surface area contributed by atoms with Gasteiger partial charge in [-0.1, -0.05) is 27.7 Å². The minimum atomic E-state index is 0.0622. The van der Waals surface area contributed by atoms with Gasteiger partial charge in [-0.05, 0) is 17.8 Å². The molecule has 1 heterocycles. The maximum absolute atomic E-state index is 12.2. The molecule has 0 amide bonds. The van der Waals surface area contributed by atoms with Gasteiger partial charge >= 0.3 is 0 Å². The van der Waals surface area contributed by atoms with E-state index < -0.39 is 0 Å². The summed E-state index contributed by atoms with van der Waals surface area (Å²) in [4.78, 5) is 12.2. The van der Waals surface area contributed by atoms with Gasteiger partial charge in [0.25, 0.3) is 0 Å². The van der Waals surface area contributed by atoms with E-state index in [2.05, 4.69) is 32.8 Å². The molecule has 0 N–H and O–H groups in total. The largest absolute Gasteiger partial charge is 0.294 e. The average molecular weight is 220 g/mol. The highest BCUT2D eigenvalue weighted by molar-refractivity contribution is 5.99. The van der Waals surface area contributed by atoms with Gasteiger partial charge in [0.05, 0.1) is 17.0 Å². The van der Waals surface area contributed by atoms with Gasteiger partial charge in [-0.25, -0.2) is 0 Å². The Morgan fingerprint density at radius 2 is 1.94 bits per heavy atom. The van der Waals surface area contributed by atoms with Crippen molar-refractivity contribution in [3.63, 3.8) is 0 Å². The van der Waals surface area contributed by atoms with Crippen LogP contribution in [0.15, 0.2) is 0 Å². The first-order valence-corrected chi connectivity index (χ1v) is 5.91. The zero-order chi connectivity index (χ0) is 12.1. The molecular formula is C13H20N2O. The molecule has 0 atom stereocenters. The first-order valence-electron chi connectivity index (χ1n) is 5.91. The van der Waals surface area contributed by atoms with Crippen LogP contribution in [-0.2, 0) is 13.5 Å². The highest BCUT2D eigenvalue weighted by Crippen LogP contribution is 2.37. The summed E-state index contributed by atoms with van der Waals surface area (Å²) >= 11 is 0. The summed E-state index contributed by atoms with van der Waals surface area (Å²) < 4.78 is 1.88. The van der Waals surface area contributed by atoms with Crippen molar-refractivity contribution in [1.82, 2.24) is 9.78 Å². The van der Waals surface area contributed by atoms with E-state index in [1.165, 1.54) is 0 Å². The lowest BCUT2D eigenvalue weighted by Crippen LogP contribution is -2.27. The van der Waals surface area contributed by atoms with Gasteiger partial charge in [0.2, 0.25) is 0 Å². The van der Waals surface area contributed by atoms with E-state index >= 15 is 0 Å². The first kappa shape index (κ1) is 11.4. The van der Waals surface area contributed by atoms with Gasteiger partial charge < -0.3 is 0 Å². The molecule has 0 radical (unpaired) electrons. The van der Waals surface area contributed by atoms with Crippen molar-refractivity contribution in [2.24, 2.45) is 12.5 Å². The number of nitrogens with zero attached hydrogens (tertiary/aromatic N) is 2. The van der Waals surface area contributed by atoms with Crippen LogP contribution < -0.4 is 0 Å². The molecule has 0 aromatic carbocycles. The number of aryl methyl sites for hydroxylation is 1. The third-order valence-corrected chi connectivity index (χ3v) is 3.27. The predicted octanol–water partition coefficient (Wildman–Crippen LogP) is 2.70. The molecule has 0 fully saturated rings. The normalized spacial score (nSPS) is 19.0. The predicted molar refractivity (Wildman–Crippen MR) is 63.7 cm³/mol. The lowest BCUT2D eigenvalue weighted by molar-refractivity contribution is 0.0910. The molecule has 0 bridgehead atoms. The van der Waals surface area contributed by atoms with Crippen LogP contribution >= 0.6 is 0 Å². The number of carbonyl (C=O) groups is 1. The van der Waals surface area contributed by atoms with Crippen LogP contribution in [0.2, 0.25) is 0 Å². The zero-order valence-electron chi connectivity index (χ0n) is 10.8. The maximum atomic E-state index is 12.2. The van der Waals surface area contributed by atoms with Crippen LogP contribution in [0.3, 0.4) is 0 Å². The Kier molecular flexibility index (Phi) is 2.44. The molecule has 3 nitrogen and oxygen atoms in total. The Bertz CT molecular complexity index is 441. The lowest BCUT2D eigenvalue weighted by Gasteiger charge is -2.27. The Hall–Kier alpha value is -1.12. The summed E-state index contributed by atoms with van der Waals surface area (Å²) in [5, 5.41) is 4.51. The van der Waals surface area contributed by atoms with E-state index in [0.717, 1.165) is 23.4 Å². The smallest absolute Gasteiger partial charge is 0.167 e. The van der Waals surface area contributed by atoms with Crippen LogP contribution in [0, 0.1) is 5.41 Å². The first-order chi connectivity index (χ1) is 7.32. The van der Waals surface area contributed by atoms with E-state index in [0.29, 0.717) is 12.3 Å². The van der Waals surface area contributed by atoms with Crippen LogP contribution in [-0.4, -0.2) is 15.6 Å². The SMILES string of the molecule is CC(C)c1c2c(nn1C)CC(C)(C)CC2=O. The standard InChI is InChI=1S/C13H20N2O/c1-8(2)12-11-9(14-15(12)5)6-13(3,4)7-10(11)16/h8H,6-7H2,1-5H3. The molecule has 1 aliphatic carbocycles. The Balaban J connectivity index is 2.57. The fourth-order valence-corrected chi connectivity index (χ4v) is 2.72. The van der Waals surface area contributed by atoms with Crippen molar-refractivity contribution in [3.8, 4) is 0 Å². The molecule has 2 rings (SSSR count). The number of aromatic nitrogens is 2. The van der Waals surface area contributed by atoms with Crippen molar-refractivity contribution < 1.29 is 4.79 Å². The lowest BCUT2D eigenvalue weighted by atomic mass is 9.75. The molecular weight excluding hydrogens is 200 g/mol. The molecule has 0 spiro atoms. The third-order valence-electron chi connectivity index (χ3n) is 3.27. The van der Waals surface area contributed by atoms with Gasteiger partial charge in [-0.3, -0.25) is 9.48 Å². The minimum absolute atomic E-state index is 0.0622. The summed E-state index contributed by atoms with van der Waals surface area (Å²) in [7, 11) is 1.94. The molecule has 1 aliphatic rings. The van der Waals surface area contributed by atoms with Gasteiger partial charge in [0.1, 0.15) is 0 Å². The summed E-state index contributed by atoms with van der Waals surface area (Å²) in [6.45, 7) is 8.50. The van der Waals surface area contributed by atoms with Gasteiger partial charge in [0, 0.05) is 13.5 Å². The van der Waals surface area contributed by atoms with Crippen molar-refractivity contribution >= 4 is 5.78 Å². The van der Waals surface area contributed by atoms with Crippen LogP contribution in [0.25, 0.3) is 0 Å². The second-order valence-corrected chi connectivity index (χ2v) is 5.93. The zero-order valence-corrected chi connectivity index (χ0v) is 10.8. The molecule has 3 heteroatoms. The topological polar surface area (TPSA) is 34.9 Å². The van der Waals surface area contributed by atoms with Crippen molar-refractivity contribution in [3.05, 3.63) is 17.0 Å². The number of rotatable bonds is 1. The Labute approximate surface area is 96.8 Å². The van der Waals surface area contributed by atoms with E-state index in [1.54, 1.807) is 0 Å².